The lowest BCUT2D eigenvalue weighted by atomic mass is 9.93. The van der Waals surface area contributed by atoms with Crippen LogP contribution in [0.2, 0.25) is 0 Å². The third kappa shape index (κ3) is 2.71. The summed E-state index contributed by atoms with van der Waals surface area (Å²) in [6.07, 6.45) is 1.83. The van der Waals surface area contributed by atoms with Crippen LogP contribution in [0.5, 0.6) is 0 Å². The van der Waals surface area contributed by atoms with Crippen LogP contribution < -0.4 is 5.32 Å². The molecule has 80 valence electrons. The average molecular weight is 199 g/mol. The van der Waals surface area contributed by atoms with E-state index in [2.05, 4.69) is 10.4 Å². The van der Waals surface area contributed by atoms with Gasteiger partial charge in [0, 0.05) is 31.3 Å². The number of aliphatic hydroxyl groups is 2. The Labute approximate surface area is 83.4 Å². The van der Waals surface area contributed by atoms with E-state index in [0.717, 1.165) is 5.82 Å². The van der Waals surface area contributed by atoms with Crippen molar-refractivity contribution in [2.24, 2.45) is 12.5 Å². The summed E-state index contributed by atoms with van der Waals surface area (Å²) >= 11 is 0. The molecule has 0 fully saturated rings. The second-order valence-electron chi connectivity index (χ2n) is 3.86. The van der Waals surface area contributed by atoms with Crippen LogP contribution in [0.3, 0.4) is 0 Å². The molecule has 0 unspecified atom stereocenters. The van der Waals surface area contributed by atoms with Gasteiger partial charge in [0.25, 0.3) is 0 Å². The smallest absolute Gasteiger partial charge is 0.147 e. The average Bonchev–Trinajstić information content (AvgIpc) is 2.61. The molecular weight excluding hydrogens is 182 g/mol. The van der Waals surface area contributed by atoms with Crippen molar-refractivity contribution in [3.63, 3.8) is 0 Å². The third-order valence-corrected chi connectivity index (χ3v) is 2.17. The lowest BCUT2D eigenvalue weighted by molar-refractivity contribution is 0.0806. The van der Waals surface area contributed by atoms with Crippen molar-refractivity contribution in [2.45, 2.75) is 6.92 Å². The van der Waals surface area contributed by atoms with Gasteiger partial charge in [0.1, 0.15) is 5.82 Å². The van der Waals surface area contributed by atoms with Crippen molar-refractivity contribution in [1.29, 1.82) is 0 Å². The second-order valence-corrected chi connectivity index (χ2v) is 3.86. The SMILES string of the molecule is Cn1ccc(NCC(C)(CO)CO)n1. The van der Waals surface area contributed by atoms with Crippen molar-refractivity contribution in [3.8, 4) is 0 Å². The largest absolute Gasteiger partial charge is 0.396 e. The van der Waals surface area contributed by atoms with Gasteiger partial charge in [-0.25, -0.2) is 0 Å². The maximum atomic E-state index is 9.04. The number of nitrogens with zero attached hydrogens (tertiary/aromatic N) is 2. The summed E-state index contributed by atoms with van der Waals surface area (Å²) in [5, 5.41) is 25.3. The first kappa shape index (κ1) is 11.0. The fraction of sp³-hybridized carbons (Fsp3) is 0.667. The van der Waals surface area contributed by atoms with Crippen molar-refractivity contribution in [1.82, 2.24) is 9.78 Å². The summed E-state index contributed by atoms with van der Waals surface area (Å²) in [5.41, 5.74) is -0.502. The predicted molar refractivity (Wildman–Crippen MR) is 54.0 cm³/mol. The molecule has 0 amide bonds. The van der Waals surface area contributed by atoms with Crippen molar-refractivity contribution in [3.05, 3.63) is 12.3 Å². The van der Waals surface area contributed by atoms with Gasteiger partial charge in [0.2, 0.25) is 0 Å². The quantitative estimate of drug-likeness (QED) is 0.615. The Morgan fingerprint density at radius 2 is 2.14 bits per heavy atom. The molecule has 0 aliphatic rings. The Hall–Kier alpha value is -1.07. The first-order valence-corrected chi connectivity index (χ1v) is 4.55. The molecule has 0 saturated heterocycles. The summed E-state index contributed by atoms with van der Waals surface area (Å²) in [6.45, 7) is 2.20. The highest BCUT2D eigenvalue weighted by Gasteiger charge is 2.22. The first-order chi connectivity index (χ1) is 6.59. The van der Waals surface area contributed by atoms with E-state index in [1.54, 1.807) is 4.68 Å². The number of nitrogens with one attached hydrogen (secondary N) is 1. The number of aliphatic hydroxyl groups excluding tert-OH is 2. The number of hydrogen-bond donors (Lipinski definition) is 3. The minimum Gasteiger partial charge on any atom is -0.396 e. The minimum absolute atomic E-state index is 0.0522. The van der Waals surface area contributed by atoms with E-state index in [4.69, 9.17) is 10.2 Å². The molecule has 0 aromatic carbocycles. The topological polar surface area (TPSA) is 70.3 Å². The van der Waals surface area contributed by atoms with E-state index in [-0.39, 0.29) is 13.2 Å². The van der Waals surface area contributed by atoms with E-state index < -0.39 is 5.41 Å². The highest BCUT2D eigenvalue weighted by Crippen LogP contribution is 2.14. The fourth-order valence-corrected chi connectivity index (χ4v) is 0.975. The molecule has 5 nitrogen and oxygen atoms in total. The van der Waals surface area contributed by atoms with Crippen LogP contribution in [0.4, 0.5) is 5.82 Å². The highest BCUT2D eigenvalue weighted by atomic mass is 16.3. The van der Waals surface area contributed by atoms with Gasteiger partial charge in [0.05, 0.1) is 13.2 Å². The molecule has 0 atom stereocenters. The summed E-state index contributed by atoms with van der Waals surface area (Å²) < 4.78 is 1.69. The molecule has 1 rings (SSSR count). The van der Waals surface area contributed by atoms with Gasteiger partial charge in [-0.2, -0.15) is 5.10 Å². The van der Waals surface area contributed by atoms with E-state index in [1.165, 1.54) is 0 Å². The monoisotopic (exact) mass is 199 g/mol. The second kappa shape index (κ2) is 4.43. The zero-order valence-corrected chi connectivity index (χ0v) is 8.56. The molecule has 1 heterocycles. The molecule has 0 bridgehead atoms. The van der Waals surface area contributed by atoms with E-state index in [1.807, 2.05) is 26.2 Å². The van der Waals surface area contributed by atoms with Crippen LogP contribution in [-0.4, -0.2) is 39.8 Å². The Morgan fingerprint density at radius 3 is 2.57 bits per heavy atom. The zero-order chi connectivity index (χ0) is 10.6. The van der Waals surface area contributed by atoms with Gasteiger partial charge in [0.15, 0.2) is 0 Å². The van der Waals surface area contributed by atoms with Gasteiger partial charge in [-0.15, -0.1) is 0 Å². The maximum Gasteiger partial charge on any atom is 0.147 e. The molecule has 0 aliphatic carbocycles. The lowest BCUT2D eigenvalue weighted by Gasteiger charge is -2.24. The van der Waals surface area contributed by atoms with Gasteiger partial charge < -0.3 is 15.5 Å². The number of aryl methyl sites for hydroxylation is 1. The molecule has 1 aromatic rings. The van der Waals surface area contributed by atoms with E-state index in [0.29, 0.717) is 6.54 Å². The Balaban J connectivity index is 2.47. The maximum absolute atomic E-state index is 9.04. The molecule has 0 radical (unpaired) electrons. The Kier molecular flexibility index (Phi) is 3.49. The van der Waals surface area contributed by atoms with Gasteiger partial charge in [-0.3, -0.25) is 4.68 Å². The Morgan fingerprint density at radius 1 is 1.50 bits per heavy atom. The first-order valence-electron chi connectivity index (χ1n) is 4.55. The summed E-state index contributed by atoms with van der Waals surface area (Å²) in [5.74, 6) is 0.751. The molecule has 0 aliphatic heterocycles. The molecular formula is C9H17N3O2. The van der Waals surface area contributed by atoms with Crippen LogP contribution in [-0.2, 0) is 7.05 Å². The predicted octanol–water partition coefficient (Wildman–Crippen LogP) is -0.177. The third-order valence-electron chi connectivity index (χ3n) is 2.17. The molecule has 3 N–H and O–H groups in total. The van der Waals surface area contributed by atoms with Crippen molar-refractivity contribution < 1.29 is 10.2 Å². The van der Waals surface area contributed by atoms with Gasteiger partial charge in [-0.05, 0) is 0 Å². The normalized spacial score (nSPS) is 11.7. The molecule has 0 spiro atoms. The number of anilines is 1. The van der Waals surface area contributed by atoms with E-state index in [9.17, 15) is 0 Å². The number of aromatic nitrogens is 2. The number of rotatable bonds is 5. The van der Waals surface area contributed by atoms with Crippen molar-refractivity contribution in [2.75, 3.05) is 25.1 Å². The van der Waals surface area contributed by atoms with E-state index >= 15 is 0 Å². The van der Waals surface area contributed by atoms with Crippen LogP contribution in [0.25, 0.3) is 0 Å². The number of hydrogen-bond acceptors (Lipinski definition) is 4. The van der Waals surface area contributed by atoms with Crippen LogP contribution in [0.1, 0.15) is 6.92 Å². The molecule has 14 heavy (non-hydrogen) atoms. The highest BCUT2D eigenvalue weighted by molar-refractivity contribution is 5.32. The summed E-state index contributed by atoms with van der Waals surface area (Å²) in [6, 6.07) is 1.84. The van der Waals surface area contributed by atoms with Crippen molar-refractivity contribution >= 4 is 5.82 Å². The van der Waals surface area contributed by atoms with Crippen LogP contribution in [0, 0.1) is 5.41 Å². The lowest BCUT2D eigenvalue weighted by Crippen LogP contribution is -2.34. The Bertz CT molecular complexity index is 281. The summed E-state index contributed by atoms with van der Waals surface area (Å²) in [7, 11) is 1.84. The molecule has 1 aromatic heterocycles. The standard InChI is InChI=1S/C9H17N3O2/c1-9(6-13,7-14)5-10-8-3-4-12(2)11-8/h3-4,13-14H,5-7H2,1-2H3,(H,10,11). The molecule has 0 saturated carbocycles. The van der Waals surface area contributed by atoms with Crippen LogP contribution in [0.15, 0.2) is 12.3 Å². The van der Waals surface area contributed by atoms with Crippen LogP contribution >= 0.6 is 0 Å². The summed E-state index contributed by atoms with van der Waals surface area (Å²) in [4.78, 5) is 0. The van der Waals surface area contributed by atoms with Gasteiger partial charge >= 0.3 is 0 Å². The molecule has 5 heteroatoms. The minimum atomic E-state index is -0.502. The zero-order valence-electron chi connectivity index (χ0n) is 8.56. The fourth-order valence-electron chi connectivity index (χ4n) is 0.975. The van der Waals surface area contributed by atoms with Gasteiger partial charge in [-0.1, -0.05) is 6.92 Å².